The van der Waals surface area contributed by atoms with Gasteiger partial charge in [0, 0.05) is 5.56 Å². The molecule has 0 spiro atoms. The largest absolute Gasteiger partial charge is 0.494 e. The first-order valence-corrected chi connectivity index (χ1v) is 5.47. The lowest BCUT2D eigenvalue weighted by Gasteiger charge is -2.13. The van der Waals surface area contributed by atoms with Crippen molar-refractivity contribution in [3.63, 3.8) is 0 Å². The van der Waals surface area contributed by atoms with E-state index in [9.17, 15) is 22.4 Å². The maximum absolute atomic E-state index is 13.3. The van der Waals surface area contributed by atoms with Crippen LogP contribution < -0.4 is 4.74 Å². The van der Waals surface area contributed by atoms with Gasteiger partial charge in [0.05, 0.1) is 18.0 Å². The molecule has 1 aromatic carbocycles. The van der Waals surface area contributed by atoms with Crippen LogP contribution >= 0.6 is 15.9 Å². The summed E-state index contributed by atoms with van der Waals surface area (Å²) in [4.78, 5) is 11.3. The highest BCUT2D eigenvalue weighted by molar-refractivity contribution is 9.09. The maximum Gasteiger partial charge on any atom is 0.417 e. The summed E-state index contributed by atoms with van der Waals surface area (Å²) in [5.41, 5.74) is -1.92. The minimum atomic E-state index is -4.74. The van der Waals surface area contributed by atoms with E-state index in [1.54, 1.807) is 0 Å². The molecule has 0 amide bonds. The number of ketones is 1. The zero-order valence-electron chi connectivity index (χ0n) is 8.57. The lowest BCUT2D eigenvalue weighted by molar-refractivity contribution is -0.138. The number of ether oxygens (including phenoxy) is 1. The molecule has 1 aromatic rings. The second-order valence-electron chi connectivity index (χ2n) is 3.09. The number of rotatable bonds is 3. The second kappa shape index (κ2) is 5.03. The van der Waals surface area contributed by atoms with Gasteiger partial charge in [0.25, 0.3) is 0 Å². The van der Waals surface area contributed by atoms with E-state index in [1.165, 1.54) is 0 Å². The Morgan fingerprint density at radius 2 is 2.00 bits per heavy atom. The fourth-order valence-electron chi connectivity index (χ4n) is 1.25. The summed E-state index contributed by atoms with van der Waals surface area (Å²) in [7, 11) is 1.05. The van der Waals surface area contributed by atoms with Crippen LogP contribution in [-0.2, 0) is 6.18 Å². The quantitative estimate of drug-likeness (QED) is 0.485. The summed E-state index contributed by atoms with van der Waals surface area (Å²) in [6, 6.07) is 1.01. The molecular formula is C10H7BrF4O2. The van der Waals surface area contributed by atoms with Crippen molar-refractivity contribution in [3.05, 3.63) is 29.1 Å². The van der Waals surface area contributed by atoms with E-state index < -0.39 is 34.7 Å². The van der Waals surface area contributed by atoms with Gasteiger partial charge in [0.1, 0.15) is 0 Å². The van der Waals surface area contributed by atoms with Crippen LogP contribution in [-0.4, -0.2) is 18.2 Å². The van der Waals surface area contributed by atoms with Crippen LogP contribution in [0, 0.1) is 5.82 Å². The Labute approximate surface area is 103 Å². The van der Waals surface area contributed by atoms with Crippen LogP contribution in [0.2, 0.25) is 0 Å². The first-order valence-electron chi connectivity index (χ1n) is 4.35. The molecule has 0 unspecified atom stereocenters. The average molecular weight is 315 g/mol. The van der Waals surface area contributed by atoms with Gasteiger partial charge in [-0.1, -0.05) is 15.9 Å². The standard InChI is InChI=1S/C10H7BrF4O2/c1-17-9-3-6(10(13,14)15)5(2-7(9)12)8(16)4-11/h2-3H,4H2,1H3. The predicted octanol–water partition coefficient (Wildman–Crippen LogP) is 3.43. The van der Waals surface area contributed by atoms with Crippen molar-refractivity contribution in [2.24, 2.45) is 0 Å². The van der Waals surface area contributed by atoms with Crippen molar-refractivity contribution in [1.29, 1.82) is 0 Å². The summed E-state index contributed by atoms with van der Waals surface area (Å²) >= 11 is 2.74. The van der Waals surface area contributed by atoms with E-state index in [1.807, 2.05) is 0 Å². The molecule has 0 saturated heterocycles. The Morgan fingerprint density at radius 1 is 1.41 bits per heavy atom. The molecule has 0 aromatic heterocycles. The predicted molar refractivity (Wildman–Crippen MR) is 56.1 cm³/mol. The second-order valence-corrected chi connectivity index (χ2v) is 3.65. The van der Waals surface area contributed by atoms with Crippen molar-refractivity contribution >= 4 is 21.7 Å². The van der Waals surface area contributed by atoms with Gasteiger partial charge in [-0.25, -0.2) is 4.39 Å². The molecule has 1 rings (SSSR count). The zero-order valence-corrected chi connectivity index (χ0v) is 10.2. The van der Waals surface area contributed by atoms with E-state index in [0.717, 1.165) is 7.11 Å². The Hall–Kier alpha value is -1.11. The molecule has 0 radical (unpaired) electrons. The molecule has 0 N–H and O–H groups in total. The van der Waals surface area contributed by atoms with Gasteiger partial charge in [0.2, 0.25) is 0 Å². The topological polar surface area (TPSA) is 26.3 Å². The van der Waals surface area contributed by atoms with Gasteiger partial charge in [0.15, 0.2) is 17.3 Å². The summed E-state index contributed by atoms with van der Waals surface area (Å²) in [6.07, 6.45) is -4.74. The number of hydrogen-bond acceptors (Lipinski definition) is 2. The van der Waals surface area contributed by atoms with Gasteiger partial charge in [-0.2, -0.15) is 13.2 Å². The van der Waals surface area contributed by atoms with Crippen LogP contribution in [0.3, 0.4) is 0 Å². The molecule has 0 atom stereocenters. The summed E-state index contributed by atoms with van der Waals surface area (Å²) < 4.78 is 55.6. The van der Waals surface area contributed by atoms with E-state index in [4.69, 9.17) is 0 Å². The van der Waals surface area contributed by atoms with Crippen molar-refractivity contribution in [3.8, 4) is 5.75 Å². The Morgan fingerprint density at radius 3 is 2.41 bits per heavy atom. The maximum atomic E-state index is 13.3. The van der Waals surface area contributed by atoms with Gasteiger partial charge in [-0.3, -0.25) is 4.79 Å². The van der Waals surface area contributed by atoms with Gasteiger partial charge < -0.3 is 4.74 Å². The van der Waals surface area contributed by atoms with E-state index in [-0.39, 0.29) is 5.33 Å². The summed E-state index contributed by atoms with van der Waals surface area (Å²) in [5.74, 6) is -2.41. The highest BCUT2D eigenvalue weighted by atomic mass is 79.9. The molecule has 2 nitrogen and oxygen atoms in total. The summed E-state index contributed by atoms with van der Waals surface area (Å²) in [5, 5.41) is -0.318. The molecule has 0 heterocycles. The Bertz CT molecular complexity index is 443. The highest BCUT2D eigenvalue weighted by Gasteiger charge is 2.36. The molecule has 0 saturated carbocycles. The Balaban J connectivity index is 3.47. The highest BCUT2D eigenvalue weighted by Crippen LogP contribution is 2.36. The van der Waals surface area contributed by atoms with E-state index >= 15 is 0 Å². The first kappa shape index (κ1) is 14.0. The SMILES string of the molecule is COc1cc(C(F)(F)F)c(C(=O)CBr)cc1F. The van der Waals surface area contributed by atoms with Crippen molar-refractivity contribution in [2.75, 3.05) is 12.4 Å². The first-order chi connectivity index (χ1) is 7.81. The molecular weight excluding hydrogens is 308 g/mol. The van der Waals surface area contributed by atoms with Crippen molar-refractivity contribution < 1.29 is 27.1 Å². The number of halogens is 5. The molecule has 0 bridgehead atoms. The van der Waals surface area contributed by atoms with Crippen LogP contribution in [0.15, 0.2) is 12.1 Å². The number of alkyl halides is 4. The van der Waals surface area contributed by atoms with Gasteiger partial charge in [-0.05, 0) is 12.1 Å². The molecule has 0 aliphatic carbocycles. The number of carbonyl (C=O) groups is 1. The molecule has 7 heteroatoms. The average Bonchev–Trinajstić information content (AvgIpc) is 2.26. The number of Topliss-reactive ketones (excluding diaryl/α,β-unsaturated/α-hetero) is 1. The van der Waals surface area contributed by atoms with Crippen LogP contribution in [0.1, 0.15) is 15.9 Å². The molecule has 17 heavy (non-hydrogen) atoms. The van der Waals surface area contributed by atoms with Crippen LogP contribution in [0.4, 0.5) is 17.6 Å². The van der Waals surface area contributed by atoms with Crippen LogP contribution in [0.25, 0.3) is 0 Å². The minimum absolute atomic E-state index is 0.318. The van der Waals surface area contributed by atoms with Crippen molar-refractivity contribution in [1.82, 2.24) is 0 Å². The minimum Gasteiger partial charge on any atom is -0.494 e. The van der Waals surface area contributed by atoms with Gasteiger partial charge >= 0.3 is 6.18 Å². The lowest BCUT2D eigenvalue weighted by Crippen LogP contribution is -2.15. The third-order valence-corrected chi connectivity index (χ3v) is 2.53. The van der Waals surface area contributed by atoms with Gasteiger partial charge in [-0.15, -0.1) is 0 Å². The zero-order chi connectivity index (χ0) is 13.2. The number of methoxy groups -OCH3 is 1. The lowest BCUT2D eigenvalue weighted by atomic mass is 10.0. The fraction of sp³-hybridized carbons (Fsp3) is 0.300. The summed E-state index contributed by atoms with van der Waals surface area (Å²) in [6.45, 7) is 0. The monoisotopic (exact) mass is 314 g/mol. The number of benzene rings is 1. The fourth-order valence-corrected chi connectivity index (χ4v) is 1.55. The molecule has 0 aliphatic heterocycles. The van der Waals surface area contributed by atoms with Crippen LogP contribution in [0.5, 0.6) is 5.75 Å². The van der Waals surface area contributed by atoms with E-state index in [0.29, 0.717) is 12.1 Å². The Kier molecular flexibility index (Phi) is 4.13. The molecule has 0 fully saturated rings. The molecule has 0 aliphatic rings. The normalized spacial score (nSPS) is 11.4. The molecule has 94 valence electrons. The number of hydrogen-bond donors (Lipinski definition) is 0. The number of carbonyl (C=O) groups excluding carboxylic acids is 1. The third kappa shape index (κ3) is 2.96. The smallest absolute Gasteiger partial charge is 0.417 e. The van der Waals surface area contributed by atoms with E-state index in [2.05, 4.69) is 20.7 Å². The van der Waals surface area contributed by atoms with Crippen molar-refractivity contribution in [2.45, 2.75) is 6.18 Å². The third-order valence-electron chi connectivity index (χ3n) is 2.02.